The van der Waals surface area contributed by atoms with Crippen LogP contribution in [0.5, 0.6) is 5.75 Å². The van der Waals surface area contributed by atoms with Gasteiger partial charge in [-0.25, -0.2) is 9.97 Å². The van der Waals surface area contributed by atoms with Crippen molar-refractivity contribution < 1.29 is 9.53 Å². The summed E-state index contributed by atoms with van der Waals surface area (Å²) in [6.07, 6.45) is 1.03. The number of nitrogens with one attached hydrogen (secondary N) is 2. The molecule has 0 atom stereocenters. The molecule has 0 bridgehead atoms. The van der Waals surface area contributed by atoms with E-state index in [0.717, 1.165) is 13.0 Å². The Morgan fingerprint density at radius 2 is 2.00 bits per heavy atom. The molecule has 0 saturated heterocycles. The van der Waals surface area contributed by atoms with Crippen molar-refractivity contribution in [1.29, 1.82) is 0 Å². The Kier molecular flexibility index (Phi) is 6.74. The van der Waals surface area contributed by atoms with Crippen molar-refractivity contribution in [2.45, 2.75) is 34.1 Å². The van der Waals surface area contributed by atoms with Crippen LogP contribution in [-0.4, -0.2) is 29.0 Å². The van der Waals surface area contributed by atoms with Crippen molar-refractivity contribution in [3.8, 4) is 5.75 Å². The van der Waals surface area contributed by atoms with E-state index in [4.69, 9.17) is 4.74 Å². The Morgan fingerprint density at radius 1 is 1.24 bits per heavy atom. The number of carbonyl (C=O) groups excluding carboxylic acids is 1. The quantitative estimate of drug-likeness (QED) is 0.761. The molecule has 0 aliphatic carbocycles. The number of hydrogen-bond acceptors (Lipinski definition) is 5. The first-order valence-electron chi connectivity index (χ1n) is 8.62. The fourth-order valence-corrected chi connectivity index (χ4v) is 2.30. The molecule has 1 heterocycles. The zero-order valence-electron chi connectivity index (χ0n) is 15.3. The van der Waals surface area contributed by atoms with Crippen LogP contribution in [0.15, 0.2) is 30.3 Å². The predicted molar refractivity (Wildman–Crippen MR) is 100 cm³/mol. The number of aromatic nitrogens is 2. The van der Waals surface area contributed by atoms with E-state index in [1.807, 2.05) is 25.1 Å². The molecule has 0 spiro atoms. The summed E-state index contributed by atoms with van der Waals surface area (Å²) in [7, 11) is 0. The second-order valence-electron chi connectivity index (χ2n) is 6.18. The number of carbonyl (C=O) groups is 1. The molecular weight excluding hydrogens is 316 g/mol. The number of aryl methyl sites for hydroxylation is 1. The molecule has 0 unspecified atom stereocenters. The third-order valence-corrected chi connectivity index (χ3v) is 3.53. The number of amides is 1. The summed E-state index contributed by atoms with van der Waals surface area (Å²) >= 11 is 0. The Morgan fingerprint density at radius 3 is 2.72 bits per heavy atom. The third-order valence-electron chi connectivity index (χ3n) is 3.53. The number of anilines is 2. The summed E-state index contributed by atoms with van der Waals surface area (Å²) in [6.45, 7) is 9.36. The molecule has 1 aromatic carbocycles. The van der Waals surface area contributed by atoms with Gasteiger partial charge in [-0.1, -0.05) is 26.0 Å². The molecule has 0 saturated carbocycles. The first kappa shape index (κ1) is 18.7. The maximum atomic E-state index is 12.6. The van der Waals surface area contributed by atoms with Gasteiger partial charge in [0.25, 0.3) is 5.91 Å². The highest BCUT2D eigenvalue weighted by molar-refractivity contribution is 6.04. The van der Waals surface area contributed by atoms with E-state index >= 15 is 0 Å². The van der Waals surface area contributed by atoms with Crippen LogP contribution < -0.4 is 15.4 Å². The van der Waals surface area contributed by atoms with Gasteiger partial charge in [-0.2, -0.15) is 0 Å². The van der Waals surface area contributed by atoms with E-state index in [0.29, 0.717) is 41.3 Å². The summed E-state index contributed by atoms with van der Waals surface area (Å²) in [5, 5.41) is 6.11. The lowest BCUT2D eigenvalue weighted by atomic mass is 10.1. The average molecular weight is 342 g/mol. The minimum atomic E-state index is -0.287. The van der Waals surface area contributed by atoms with E-state index < -0.39 is 0 Å². The summed E-state index contributed by atoms with van der Waals surface area (Å²) in [4.78, 5) is 21.2. The Bertz CT molecular complexity index is 716. The van der Waals surface area contributed by atoms with Crippen LogP contribution in [0.2, 0.25) is 0 Å². The number of rotatable bonds is 8. The fourth-order valence-electron chi connectivity index (χ4n) is 2.30. The van der Waals surface area contributed by atoms with Crippen LogP contribution in [-0.2, 0) is 0 Å². The predicted octanol–water partition coefficient (Wildman–Crippen LogP) is 3.89. The van der Waals surface area contributed by atoms with Crippen molar-refractivity contribution >= 4 is 17.4 Å². The van der Waals surface area contributed by atoms with Crippen LogP contribution in [0.4, 0.5) is 11.5 Å². The highest BCUT2D eigenvalue weighted by Gasteiger charge is 2.13. The molecule has 2 aromatic rings. The first-order valence-corrected chi connectivity index (χ1v) is 8.62. The number of para-hydroxylation sites is 2. The summed E-state index contributed by atoms with van der Waals surface area (Å²) in [6, 6.07) is 9.02. The van der Waals surface area contributed by atoms with Gasteiger partial charge in [0.1, 0.15) is 23.1 Å². The second kappa shape index (κ2) is 9.01. The zero-order chi connectivity index (χ0) is 18.2. The van der Waals surface area contributed by atoms with Gasteiger partial charge in [0, 0.05) is 12.6 Å². The molecule has 0 radical (unpaired) electrons. The number of ether oxygens (including phenoxy) is 1. The van der Waals surface area contributed by atoms with Gasteiger partial charge in [-0.15, -0.1) is 0 Å². The minimum Gasteiger partial charge on any atom is -0.492 e. The molecule has 134 valence electrons. The summed E-state index contributed by atoms with van der Waals surface area (Å²) in [5.41, 5.74) is 0.950. The number of hydrogen-bond donors (Lipinski definition) is 2. The molecule has 25 heavy (non-hydrogen) atoms. The normalized spacial score (nSPS) is 10.6. The highest BCUT2D eigenvalue weighted by Crippen LogP contribution is 2.24. The van der Waals surface area contributed by atoms with Crippen LogP contribution >= 0.6 is 0 Å². The number of benzene rings is 1. The van der Waals surface area contributed by atoms with E-state index in [9.17, 15) is 4.79 Å². The van der Waals surface area contributed by atoms with Gasteiger partial charge in [0.05, 0.1) is 12.3 Å². The Balaban J connectivity index is 2.12. The van der Waals surface area contributed by atoms with Crippen molar-refractivity contribution in [3.63, 3.8) is 0 Å². The van der Waals surface area contributed by atoms with Crippen LogP contribution in [0.1, 0.15) is 43.5 Å². The van der Waals surface area contributed by atoms with Crippen molar-refractivity contribution in [2.24, 2.45) is 5.92 Å². The summed E-state index contributed by atoms with van der Waals surface area (Å²) < 4.78 is 5.54. The molecule has 6 nitrogen and oxygen atoms in total. The van der Waals surface area contributed by atoms with Gasteiger partial charge >= 0.3 is 0 Å². The molecule has 2 rings (SSSR count). The molecular formula is C19H26N4O2. The molecule has 1 aromatic heterocycles. The lowest BCUT2D eigenvalue weighted by Crippen LogP contribution is -2.17. The van der Waals surface area contributed by atoms with Gasteiger partial charge < -0.3 is 15.4 Å². The summed E-state index contributed by atoms with van der Waals surface area (Å²) in [5.74, 6) is 2.17. The van der Waals surface area contributed by atoms with E-state index in [-0.39, 0.29) is 5.91 Å². The highest BCUT2D eigenvalue weighted by atomic mass is 16.5. The fraction of sp³-hybridized carbons (Fsp3) is 0.421. The van der Waals surface area contributed by atoms with Gasteiger partial charge in [0.15, 0.2) is 0 Å². The lowest BCUT2D eigenvalue weighted by Gasteiger charge is -2.12. The van der Waals surface area contributed by atoms with E-state index in [1.165, 1.54) is 0 Å². The Hall–Kier alpha value is -2.63. The molecule has 2 N–H and O–H groups in total. The van der Waals surface area contributed by atoms with E-state index in [2.05, 4.69) is 34.4 Å². The molecule has 1 amide bonds. The molecule has 0 aliphatic rings. The lowest BCUT2D eigenvalue weighted by molar-refractivity contribution is 0.102. The van der Waals surface area contributed by atoms with Crippen LogP contribution in [0, 0.1) is 12.8 Å². The smallest absolute Gasteiger partial charge is 0.274 e. The molecule has 0 fully saturated rings. The second-order valence-corrected chi connectivity index (χ2v) is 6.18. The monoisotopic (exact) mass is 342 g/mol. The van der Waals surface area contributed by atoms with Gasteiger partial charge in [-0.3, -0.25) is 4.79 Å². The largest absolute Gasteiger partial charge is 0.492 e. The first-order chi connectivity index (χ1) is 12.0. The van der Waals surface area contributed by atoms with Crippen molar-refractivity contribution in [2.75, 3.05) is 23.8 Å². The third kappa shape index (κ3) is 5.74. The maximum absolute atomic E-state index is 12.6. The van der Waals surface area contributed by atoms with Crippen LogP contribution in [0.25, 0.3) is 0 Å². The number of nitrogens with zero attached hydrogens (tertiary/aromatic N) is 2. The Labute approximate surface area is 149 Å². The van der Waals surface area contributed by atoms with Crippen molar-refractivity contribution in [1.82, 2.24) is 9.97 Å². The SMILES string of the molecule is CCOc1ccccc1NC(=O)c1cc(NCCC(C)C)nc(C)n1. The topological polar surface area (TPSA) is 76.1 Å². The van der Waals surface area contributed by atoms with Gasteiger partial charge in [-0.05, 0) is 38.3 Å². The minimum absolute atomic E-state index is 0.287. The molecule has 0 aliphatic heterocycles. The zero-order valence-corrected chi connectivity index (χ0v) is 15.3. The van der Waals surface area contributed by atoms with Crippen LogP contribution in [0.3, 0.4) is 0 Å². The standard InChI is InChI=1S/C19H26N4O2/c1-5-25-17-9-7-6-8-15(17)23-19(24)16-12-18(22-14(4)21-16)20-11-10-13(2)3/h6-9,12-13H,5,10-11H2,1-4H3,(H,23,24)(H,20,21,22). The average Bonchev–Trinajstić information content (AvgIpc) is 2.56. The molecule has 6 heteroatoms. The van der Waals surface area contributed by atoms with E-state index in [1.54, 1.807) is 19.1 Å². The van der Waals surface area contributed by atoms with Crippen molar-refractivity contribution in [3.05, 3.63) is 41.9 Å². The van der Waals surface area contributed by atoms with Gasteiger partial charge in [0.2, 0.25) is 0 Å². The maximum Gasteiger partial charge on any atom is 0.274 e.